The zero-order chi connectivity index (χ0) is 41.7. The summed E-state index contributed by atoms with van der Waals surface area (Å²) in [4.78, 5) is 18.9. The molecule has 0 aliphatic carbocycles. The number of hydrogen-bond acceptors (Lipinski definition) is 5. The summed E-state index contributed by atoms with van der Waals surface area (Å²) in [6.45, 7) is 7.82. The van der Waals surface area contributed by atoms with Crippen LogP contribution in [-0.2, 0) is 0 Å². The van der Waals surface area contributed by atoms with Crippen LogP contribution in [0.3, 0.4) is 0 Å². The molecule has 0 bridgehead atoms. The standard InChI is InChI=1S/C54H30N8/c1-57-39-25-28-48-43(31-39)41-19-9-10-20-45(41)61(48)49-27-24-37(54-59-52(35-13-4-2-5-14-35)58-53(60-54)36-15-6-3-7-16-36)30-44(49)51-38(33-56)17-12-22-50(51)62-46-21-11-8-18-40(46)42-29-34(32-55)23-26-47(42)62/h2-31H. The van der Waals surface area contributed by atoms with E-state index >= 15 is 0 Å². The molecule has 8 heteroatoms. The quantitative estimate of drug-likeness (QED) is 0.156. The number of benzene rings is 8. The molecule has 0 N–H and O–H groups in total. The van der Waals surface area contributed by atoms with Crippen molar-refractivity contribution in [1.82, 2.24) is 24.1 Å². The van der Waals surface area contributed by atoms with Gasteiger partial charge >= 0.3 is 0 Å². The number of nitriles is 2. The van der Waals surface area contributed by atoms with Crippen LogP contribution in [-0.4, -0.2) is 24.1 Å². The molecule has 0 radical (unpaired) electrons. The van der Waals surface area contributed by atoms with Crippen molar-refractivity contribution in [3.63, 3.8) is 0 Å². The van der Waals surface area contributed by atoms with Gasteiger partial charge in [0.05, 0.1) is 63.3 Å². The normalized spacial score (nSPS) is 11.2. The predicted octanol–water partition coefficient (Wildman–Crippen LogP) is 13.0. The van der Waals surface area contributed by atoms with E-state index in [0.717, 1.165) is 77.2 Å². The third kappa shape index (κ3) is 5.78. The Morgan fingerprint density at radius 3 is 1.60 bits per heavy atom. The number of nitrogens with zero attached hydrogens (tertiary/aromatic N) is 8. The molecule has 0 aliphatic heterocycles. The molecule has 0 unspecified atom stereocenters. The van der Waals surface area contributed by atoms with E-state index < -0.39 is 0 Å². The van der Waals surface area contributed by atoms with Gasteiger partial charge in [0.15, 0.2) is 23.2 Å². The Bertz CT molecular complexity index is 3670. The van der Waals surface area contributed by atoms with Gasteiger partial charge in [0.25, 0.3) is 0 Å². The average molecular weight is 791 g/mol. The van der Waals surface area contributed by atoms with E-state index in [1.165, 1.54) is 0 Å². The summed E-state index contributed by atoms with van der Waals surface area (Å²) in [5.74, 6) is 1.56. The van der Waals surface area contributed by atoms with E-state index in [4.69, 9.17) is 21.5 Å². The van der Waals surface area contributed by atoms with E-state index in [2.05, 4.69) is 68.6 Å². The third-order valence-electron chi connectivity index (χ3n) is 11.5. The molecule has 11 aromatic rings. The largest absolute Gasteiger partial charge is 0.309 e. The van der Waals surface area contributed by atoms with Crippen LogP contribution in [0.15, 0.2) is 182 Å². The molecule has 62 heavy (non-hydrogen) atoms. The van der Waals surface area contributed by atoms with Crippen molar-refractivity contribution in [3.8, 4) is 68.8 Å². The molecule has 0 saturated heterocycles. The van der Waals surface area contributed by atoms with Gasteiger partial charge in [-0.3, -0.25) is 0 Å². The van der Waals surface area contributed by atoms with Crippen molar-refractivity contribution in [2.45, 2.75) is 0 Å². The molecule has 11 rings (SSSR count). The predicted molar refractivity (Wildman–Crippen MR) is 246 cm³/mol. The van der Waals surface area contributed by atoms with Gasteiger partial charge in [-0.1, -0.05) is 109 Å². The summed E-state index contributed by atoms with van der Waals surface area (Å²) in [6.07, 6.45) is 0. The second-order valence-corrected chi connectivity index (χ2v) is 14.9. The molecule has 0 amide bonds. The zero-order valence-electron chi connectivity index (χ0n) is 32.9. The Balaban J connectivity index is 1.26. The fraction of sp³-hybridized carbons (Fsp3) is 0. The van der Waals surface area contributed by atoms with Crippen LogP contribution in [0.1, 0.15) is 11.1 Å². The smallest absolute Gasteiger partial charge is 0.188 e. The molecule has 0 fully saturated rings. The first kappa shape index (κ1) is 36.0. The minimum Gasteiger partial charge on any atom is -0.309 e. The van der Waals surface area contributed by atoms with E-state index in [-0.39, 0.29) is 0 Å². The topological polar surface area (TPSA) is 100 Å². The Kier molecular flexibility index (Phi) is 8.46. The van der Waals surface area contributed by atoms with Gasteiger partial charge in [0.1, 0.15) is 0 Å². The first-order valence-electron chi connectivity index (χ1n) is 20.0. The Morgan fingerprint density at radius 2 is 0.984 bits per heavy atom. The lowest BCUT2D eigenvalue weighted by Gasteiger charge is -2.20. The monoisotopic (exact) mass is 790 g/mol. The number of hydrogen-bond donors (Lipinski definition) is 0. The molecule has 8 nitrogen and oxygen atoms in total. The summed E-state index contributed by atoms with van der Waals surface area (Å²) in [5.41, 5.74) is 10.9. The van der Waals surface area contributed by atoms with Crippen molar-refractivity contribution in [2.24, 2.45) is 0 Å². The van der Waals surface area contributed by atoms with Gasteiger partial charge in [0.2, 0.25) is 0 Å². The maximum Gasteiger partial charge on any atom is 0.188 e. The van der Waals surface area contributed by atoms with E-state index in [1.807, 2.05) is 140 Å². The molecular formula is C54H30N8. The van der Waals surface area contributed by atoms with Crippen LogP contribution < -0.4 is 0 Å². The molecule has 0 saturated carbocycles. The molecule has 0 spiro atoms. The third-order valence-corrected chi connectivity index (χ3v) is 11.5. The highest BCUT2D eigenvalue weighted by atomic mass is 15.0. The van der Waals surface area contributed by atoms with Crippen LogP contribution in [0.25, 0.3) is 105 Å². The lowest BCUT2D eigenvalue weighted by molar-refractivity contribution is 1.07. The maximum atomic E-state index is 11.1. The summed E-state index contributed by atoms with van der Waals surface area (Å²) < 4.78 is 4.41. The van der Waals surface area contributed by atoms with Crippen LogP contribution in [0, 0.1) is 29.2 Å². The highest BCUT2D eigenvalue weighted by Crippen LogP contribution is 2.44. The lowest BCUT2D eigenvalue weighted by Crippen LogP contribution is -2.05. The fourth-order valence-electron chi connectivity index (χ4n) is 8.70. The van der Waals surface area contributed by atoms with Gasteiger partial charge in [0, 0.05) is 44.0 Å². The van der Waals surface area contributed by atoms with Crippen molar-refractivity contribution in [1.29, 1.82) is 10.5 Å². The molecule has 3 aromatic heterocycles. The van der Waals surface area contributed by atoms with Gasteiger partial charge in [-0.05, 0) is 78.2 Å². The van der Waals surface area contributed by atoms with Crippen molar-refractivity contribution in [2.75, 3.05) is 0 Å². The minimum absolute atomic E-state index is 0.474. The number of rotatable bonds is 6. The Morgan fingerprint density at radius 1 is 0.435 bits per heavy atom. The second-order valence-electron chi connectivity index (χ2n) is 14.9. The van der Waals surface area contributed by atoms with E-state index in [1.54, 1.807) is 0 Å². The van der Waals surface area contributed by atoms with Crippen molar-refractivity contribution < 1.29 is 0 Å². The van der Waals surface area contributed by atoms with E-state index in [9.17, 15) is 10.5 Å². The molecule has 8 aromatic carbocycles. The van der Waals surface area contributed by atoms with Crippen molar-refractivity contribution >= 4 is 49.3 Å². The Hall–Kier alpha value is -9.16. The zero-order valence-corrected chi connectivity index (χ0v) is 32.9. The highest BCUT2D eigenvalue weighted by molar-refractivity contribution is 6.12. The summed E-state index contributed by atoms with van der Waals surface area (Å²) >= 11 is 0. The van der Waals surface area contributed by atoms with Gasteiger partial charge in [-0.2, -0.15) is 10.5 Å². The van der Waals surface area contributed by atoms with Gasteiger partial charge < -0.3 is 9.13 Å². The summed E-state index contributed by atoms with van der Waals surface area (Å²) in [5, 5.41) is 24.9. The number of para-hydroxylation sites is 2. The summed E-state index contributed by atoms with van der Waals surface area (Å²) in [6, 6.07) is 64.6. The number of fused-ring (bicyclic) bond motifs is 6. The van der Waals surface area contributed by atoms with Crippen LogP contribution >= 0.6 is 0 Å². The fourth-order valence-corrected chi connectivity index (χ4v) is 8.70. The first-order valence-corrected chi connectivity index (χ1v) is 20.0. The first-order chi connectivity index (χ1) is 30.6. The molecular weight excluding hydrogens is 761 g/mol. The number of aromatic nitrogens is 5. The maximum absolute atomic E-state index is 11.1. The lowest BCUT2D eigenvalue weighted by atomic mass is 9.94. The van der Waals surface area contributed by atoms with Crippen LogP contribution in [0.2, 0.25) is 0 Å². The molecule has 286 valence electrons. The minimum atomic E-state index is 0.474. The molecule has 0 atom stereocenters. The SMILES string of the molecule is [C-]#[N+]c1ccc2c(c1)c1ccccc1n2-c1ccc(-c2nc(-c3ccccc3)nc(-c3ccccc3)n2)cc1-c1c(C#N)cccc1-n1c2ccccc2c2cc(C#N)ccc21. The summed E-state index contributed by atoms with van der Waals surface area (Å²) in [7, 11) is 0. The van der Waals surface area contributed by atoms with Gasteiger partial charge in [-0.15, -0.1) is 0 Å². The van der Waals surface area contributed by atoms with Crippen LogP contribution in [0.5, 0.6) is 0 Å². The Labute approximate surface area is 355 Å². The molecule has 3 heterocycles. The van der Waals surface area contributed by atoms with Gasteiger partial charge in [-0.25, -0.2) is 19.8 Å². The van der Waals surface area contributed by atoms with Crippen molar-refractivity contribution in [3.05, 3.63) is 205 Å². The average Bonchev–Trinajstić information content (AvgIpc) is 3.85. The molecule has 0 aliphatic rings. The van der Waals surface area contributed by atoms with E-state index in [0.29, 0.717) is 39.9 Å². The highest BCUT2D eigenvalue weighted by Gasteiger charge is 2.24. The van der Waals surface area contributed by atoms with Crippen LogP contribution in [0.4, 0.5) is 5.69 Å². The second kappa shape index (κ2) is 14.6.